The third-order valence-electron chi connectivity index (χ3n) is 5.63. The summed E-state index contributed by atoms with van der Waals surface area (Å²) in [5, 5.41) is 8.27. The van der Waals surface area contributed by atoms with Gasteiger partial charge in [-0.05, 0) is 31.4 Å². The molecular weight excluding hydrogens is 390 g/mol. The molecule has 0 unspecified atom stereocenters. The fourth-order valence-electron chi connectivity index (χ4n) is 4.20. The molecule has 1 aliphatic carbocycles. The number of amides is 1. The van der Waals surface area contributed by atoms with E-state index in [1.807, 2.05) is 18.7 Å². The highest BCUT2D eigenvalue weighted by Gasteiger charge is 2.43. The second-order valence-electron chi connectivity index (χ2n) is 8.38. The largest absolute Gasteiger partial charge is 0.323 e. The summed E-state index contributed by atoms with van der Waals surface area (Å²) in [6.45, 7) is 3.91. The number of carbonyl (C=O) groups is 1. The van der Waals surface area contributed by atoms with Crippen LogP contribution in [0.4, 0.5) is 17.5 Å². The minimum absolute atomic E-state index is 0.0359. The summed E-state index contributed by atoms with van der Waals surface area (Å²) >= 11 is 0. The molecule has 8 nitrogen and oxygen atoms in total. The van der Waals surface area contributed by atoms with Crippen molar-refractivity contribution in [1.29, 1.82) is 0 Å². The molecule has 1 saturated carbocycles. The highest BCUT2D eigenvalue weighted by Crippen LogP contribution is 2.40. The lowest BCUT2D eigenvalue weighted by molar-refractivity contribution is -0.127. The zero-order valence-electron chi connectivity index (χ0n) is 16.6. The lowest BCUT2D eigenvalue weighted by Crippen LogP contribution is -2.51. The van der Waals surface area contributed by atoms with Crippen molar-refractivity contribution in [2.45, 2.75) is 56.9 Å². The van der Waals surface area contributed by atoms with E-state index in [0.717, 1.165) is 31.2 Å². The Balaban J connectivity index is 1.74. The first-order chi connectivity index (χ1) is 13.7. The summed E-state index contributed by atoms with van der Waals surface area (Å²) in [4.78, 5) is 24.0. The van der Waals surface area contributed by atoms with Crippen LogP contribution in [-0.4, -0.2) is 30.3 Å². The maximum atomic E-state index is 13.2. The summed E-state index contributed by atoms with van der Waals surface area (Å²) in [7, 11) is -3.90. The lowest BCUT2D eigenvalue weighted by Gasteiger charge is -2.40. The van der Waals surface area contributed by atoms with Gasteiger partial charge in [-0.2, -0.15) is 4.98 Å². The van der Waals surface area contributed by atoms with Gasteiger partial charge in [0.25, 0.3) is 0 Å². The molecule has 0 spiro atoms. The van der Waals surface area contributed by atoms with E-state index < -0.39 is 15.4 Å². The van der Waals surface area contributed by atoms with E-state index in [1.54, 1.807) is 24.4 Å². The lowest BCUT2D eigenvalue weighted by atomic mass is 9.81. The molecule has 0 bridgehead atoms. The first-order valence-corrected chi connectivity index (χ1v) is 11.3. The van der Waals surface area contributed by atoms with Gasteiger partial charge in [-0.25, -0.2) is 18.5 Å². The summed E-state index contributed by atoms with van der Waals surface area (Å²) in [6, 6.07) is 6.46. The van der Waals surface area contributed by atoms with E-state index in [2.05, 4.69) is 15.3 Å². The molecule has 2 heterocycles. The smallest absolute Gasteiger partial charge is 0.240 e. The summed E-state index contributed by atoms with van der Waals surface area (Å²) in [6.07, 6.45) is 6.41. The molecule has 29 heavy (non-hydrogen) atoms. The maximum Gasteiger partial charge on any atom is 0.240 e. The molecule has 2 aliphatic rings. The highest BCUT2D eigenvalue weighted by molar-refractivity contribution is 7.89. The number of hydrogen-bond acceptors (Lipinski definition) is 6. The predicted molar refractivity (Wildman–Crippen MR) is 110 cm³/mol. The first kappa shape index (κ1) is 19.8. The van der Waals surface area contributed by atoms with E-state index in [1.165, 1.54) is 6.07 Å². The molecule has 9 heteroatoms. The molecule has 0 radical (unpaired) electrons. The van der Waals surface area contributed by atoms with Crippen LogP contribution in [0.1, 0.15) is 45.1 Å². The van der Waals surface area contributed by atoms with E-state index in [9.17, 15) is 13.2 Å². The van der Waals surface area contributed by atoms with E-state index >= 15 is 0 Å². The van der Waals surface area contributed by atoms with Gasteiger partial charge in [0.15, 0.2) is 0 Å². The van der Waals surface area contributed by atoms with E-state index in [-0.39, 0.29) is 22.8 Å². The normalized spacial score (nSPS) is 19.3. The topological polar surface area (TPSA) is 118 Å². The Morgan fingerprint density at radius 3 is 2.59 bits per heavy atom. The van der Waals surface area contributed by atoms with Crippen LogP contribution in [0.25, 0.3) is 0 Å². The number of carbonyl (C=O) groups excluding carboxylic acids is 1. The average molecular weight is 416 g/mol. The van der Waals surface area contributed by atoms with Crippen LogP contribution in [0.2, 0.25) is 0 Å². The first-order valence-electron chi connectivity index (χ1n) is 9.75. The number of para-hydroxylation sites is 1. The van der Waals surface area contributed by atoms with Crippen molar-refractivity contribution in [3.8, 4) is 0 Å². The zero-order chi connectivity index (χ0) is 20.8. The third kappa shape index (κ3) is 3.72. The van der Waals surface area contributed by atoms with Crippen LogP contribution in [0, 0.1) is 5.41 Å². The van der Waals surface area contributed by atoms with Crippen LogP contribution < -0.4 is 15.4 Å². The van der Waals surface area contributed by atoms with Crippen molar-refractivity contribution < 1.29 is 13.2 Å². The van der Waals surface area contributed by atoms with E-state index in [4.69, 9.17) is 5.14 Å². The molecule has 1 aromatic carbocycles. The molecule has 1 amide bonds. The van der Waals surface area contributed by atoms with Crippen molar-refractivity contribution in [3.05, 3.63) is 36.0 Å². The number of aromatic nitrogens is 2. The Morgan fingerprint density at radius 2 is 1.90 bits per heavy atom. The Labute approximate surface area is 170 Å². The number of fused-ring (bicyclic) bond motifs is 1. The standard InChI is InChI=1S/C20H25N5O3S/c1-20(2)11-13-12-22-19(23-15-9-5-6-10-16(15)29(21,27)28)24-17(13)25(18(20)26)14-7-3-4-8-14/h5-6,9-10,12,14H,3-4,7-8,11H2,1-2H3,(H2,21,27,28)(H,22,23,24). The fourth-order valence-corrected chi connectivity index (χ4v) is 4.90. The van der Waals surface area contributed by atoms with Gasteiger partial charge in [0, 0.05) is 23.2 Å². The highest BCUT2D eigenvalue weighted by atomic mass is 32.2. The number of rotatable bonds is 4. The Kier molecular flexibility index (Phi) is 4.82. The zero-order valence-corrected chi connectivity index (χ0v) is 17.4. The van der Waals surface area contributed by atoms with Crippen molar-refractivity contribution in [3.63, 3.8) is 0 Å². The van der Waals surface area contributed by atoms with Gasteiger partial charge in [0.1, 0.15) is 10.7 Å². The number of sulfonamides is 1. The molecule has 0 saturated heterocycles. The third-order valence-corrected chi connectivity index (χ3v) is 6.60. The number of nitrogens with two attached hydrogens (primary N) is 1. The van der Waals surface area contributed by atoms with Crippen molar-refractivity contribution in [2.24, 2.45) is 10.6 Å². The van der Waals surface area contributed by atoms with Crippen molar-refractivity contribution in [2.75, 3.05) is 10.2 Å². The number of nitrogens with one attached hydrogen (secondary N) is 1. The van der Waals surface area contributed by atoms with Gasteiger partial charge >= 0.3 is 0 Å². The second-order valence-corrected chi connectivity index (χ2v) is 9.91. The number of hydrogen-bond donors (Lipinski definition) is 2. The molecular formula is C20H25N5O3S. The van der Waals surface area contributed by atoms with Crippen LogP contribution in [0.3, 0.4) is 0 Å². The van der Waals surface area contributed by atoms with Gasteiger partial charge in [-0.3, -0.25) is 9.69 Å². The molecule has 1 fully saturated rings. The van der Waals surface area contributed by atoms with Crippen LogP contribution in [0.5, 0.6) is 0 Å². The van der Waals surface area contributed by atoms with Gasteiger partial charge in [-0.1, -0.05) is 38.8 Å². The van der Waals surface area contributed by atoms with Crippen molar-refractivity contribution >= 4 is 33.4 Å². The Bertz CT molecular complexity index is 1060. The predicted octanol–water partition coefficient (Wildman–Crippen LogP) is 2.73. The second kappa shape index (κ2) is 7.07. The molecule has 3 N–H and O–H groups in total. The van der Waals surface area contributed by atoms with Crippen LogP contribution in [-0.2, 0) is 21.2 Å². The van der Waals surface area contributed by atoms with Gasteiger partial charge in [0.05, 0.1) is 5.69 Å². The van der Waals surface area contributed by atoms with Gasteiger partial charge in [0.2, 0.25) is 21.9 Å². The van der Waals surface area contributed by atoms with Gasteiger partial charge < -0.3 is 5.32 Å². The SMILES string of the molecule is CC1(C)Cc2cnc(Nc3ccccc3S(N)(=O)=O)nc2N(C2CCCC2)C1=O. The Hall–Kier alpha value is -2.52. The number of anilines is 3. The summed E-state index contributed by atoms with van der Waals surface area (Å²) < 4.78 is 23.7. The number of primary sulfonamides is 1. The van der Waals surface area contributed by atoms with E-state index in [0.29, 0.717) is 17.9 Å². The summed E-state index contributed by atoms with van der Waals surface area (Å²) in [5.74, 6) is 0.925. The van der Waals surface area contributed by atoms with Crippen LogP contribution >= 0.6 is 0 Å². The van der Waals surface area contributed by atoms with Gasteiger partial charge in [-0.15, -0.1) is 0 Å². The molecule has 4 rings (SSSR count). The minimum atomic E-state index is -3.90. The average Bonchev–Trinajstić information content (AvgIpc) is 3.17. The molecule has 0 atom stereocenters. The minimum Gasteiger partial charge on any atom is -0.323 e. The van der Waals surface area contributed by atoms with Crippen LogP contribution in [0.15, 0.2) is 35.4 Å². The molecule has 1 aromatic heterocycles. The van der Waals surface area contributed by atoms with Crippen molar-refractivity contribution in [1.82, 2.24) is 9.97 Å². The fraction of sp³-hybridized carbons (Fsp3) is 0.450. The monoisotopic (exact) mass is 415 g/mol. The molecule has 1 aliphatic heterocycles. The number of nitrogens with zero attached hydrogens (tertiary/aromatic N) is 3. The number of benzene rings is 1. The quantitative estimate of drug-likeness (QED) is 0.793. The molecule has 2 aromatic rings. The molecule has 154 valence electrons. The summed E-state index contributed by atoms with van der Waals surface area (Å²) in [5.41, 5.74) is 0.713. The Morgan fingerprint density at radius 1 is 1.21 bits per heavy atom. The maximum absolute atomic E-state index is 13.2.